The highest BCUT2D eigenvalue weighted by molar-refractivity contribution is 6.52. The molecule has 6 nitrogen and oxygen atoms in total. The summed E-state index contributed by atoms with van der Waals surface area (Å²) in [6.07, 6.45) is 0. The van der Waals surface area contributed by atoms with Crippen molar-refractivity contribution in [2.45, 2.75) is 6.54 Å². The topological polar surface area (TPSA) is 81.4 Å². The van der Waals surface area contributed by atoms with Gasteiger partial charge in [-0.25, -0.2) is 4.98 Å². The van der Waals surface area contributed by atoms with Gasteiger partial charge in [0, 0.05) is 11.1 Å². The molecule has 1 heterocycles. The van der Waals surface area contributed by atoms with E-state index in [1.54, 1.807) is 31.4 Å². The number of benzene rings is 2. The lowest BCUT2D eigenvalue weighted by atomic mass is 9.91. The van der Waals surface area contributed by atoms with E-state index >= 15 is 0 Å². The number of oxazole rings is 1. The van der Waals surface area contributed by atoms with E-state index in [1.807, 2.05) is 24.3 Å². The van der Waals surface area contributed by atoms with Crippen LogP contribution in [0.2, 0.25) is 0 Å². The number of anilines is 1. The Kier molecular flexibility index (Phi) is 3.57. The Hall–Kier alpha value is -3.41. The summed E-state index contributed by atoms with van der Waals surface area (Å²) in [7, 11) is 1.59. The predicted octanol–water partition coefficient (Wildman–Crippen LogP) is 3.34. The minimum absolute atomic E-state index is 0.0699. The monoisotopic (exact) mass is 334 g/mol. The SMILES string of the molecule is COc1ccccc1NCc1nc2c(o1)-c1ccccc1C(=O)C2=O. The van der Waals surface area contributed by atoms with Crippen LogP contribution in [0, 0.1) is 0 Å². The van der Waals surface area contributed by atoms with Gasteiger partial charge in [-0.3, -0.25) is 9.59 Å². The molecule has 2 aromatic carbocycles. The molecule has 0 radical (unpaired) electrons. The zero-order valence-corrected chi connectivity index (χ0v) is 13.4. The fourth-order valence-corrected chi connectivity index (χ4v) is 2.85. The molecule has 1 aromatic heterocycles. The van der Waals surface area contributed by atoms with Crippen molar-refractivity contribution in [3.05, 3.63) is 65.7 Å². The van der Waals surface area contributed by atoms with Crippen molar-refractivity contribution in [1.29, 1.82) is 0 Å². The van der Waals surface area contributed by atoms with E-state index in [4.69, 9.17) is 9.15 Å². The molecule has 0 spiro atoms. The molecule has 6 heteroatoms. The van der Waals surface area contributed by atoms with E-state index in [0.717, 1.165) is 5.69 Å². The lowest BCUT2D eigenvalue weighted by Gasteiger charge is -2.10. The molecular weight excluding hydrogens is 320 g/mol. The zero-order chi connectivity index (χ0) is 17.4. The highest BCUT2D eigenvalue weighted by Gasteiger charge is 2.35. The van der Waals surface area contributed by atoms with Crippen LogP contribution in [0.1, 0.15) is 26.7 Å². The Morgan fingerprint density at radius 3 is 2.52 bits per heavy atom. The van der Waals surface area contributed by atoms with Crippen LogP contribution >= 0.6 is 0 Å². The lowest BCUT2D eigenvalue weighted by Crippen LogP contribution is -2.20. The Bertz CT molecular complexity index is 991. The van der Waals surface area contributed by atoms with Gasteiger partial charge >= 0.3 is 0 Å². The van der Waals surface area contributed by atoms with Gasteiger partial charge in [-0.2, -0.15) is 0 Å². The number of nitrogens with one attached hydrogen (secondary N) is 1. The van der Waals surface area contributed by atoms with Crippen LogP contribution in [0.3, 0.4) is 0 Å². The summed E-state index contributed by atoms with van der Waals surface area (Å²) in [5, 5.41) is 3.16. The van der Waals surface area contributed by atoms with Crippen molar-refractivity contribution in [3.63, 3.8) is 0 Å². The number of nitrogens with zero attached hydrogens (tertiary/aromatic N) is 1. The molecule has 0 atom stereocenters. The van der Waals surface area contributed by atoms with Crippen molar-refractivity contribution in [2.24, 2.45) is 0 Å². The van der Waals surface area contributed by atoms with Gasteiger partial charge in [0.05, 0.1) is 19.3 Å². The third-order valence-corrected chi connectivity index (χ3v) is 4.05. The molecule has 1 aliphatic carbocycles. The van der Waals surface area contributed by atoms with Crippen molar-refractivity contribution in [3.8, 4) is 17.1 Å². The van der Waals surface area contributed by atoms with Gasteiger partial charge in [-0.05, 0) is 12.1 Å². The maximum atomic E-state index is 12.3. The Morgan fingerprint density at radius 2 is 1.72 bits per heavy atom. The van der Waals surface area contributed by atoms with Crippen LogP contribution in [-0.4, -0.2) is 23.7 Å². The molecule has 0 saturated heterocycles. The number of carbonyl (C=O) groups is 2. The Labute approximate surface area is 143 Å². The van der Waals surface area contributed by atoms with Crippen molar-refractivity contribution in [2.75, 3.05) is 12.4 Å². The van der Waals surface area contributed by atoms with Gasteiger partial charge < -0.3 is 14.5 Å². The van der Waals surface area contributed by atoms with Crippen LogP contribution in [0.4, 0.5) is 5.69 Å². The molecule has 1 N–H and O–H groups in total. The first-order valence-corrected chi connectivity index (χ1v) is 7.74. The summed E-state index contributed by atoms with van der Waals surface area (Å²) in [5.74, 6) is 0.169. The first kappa shape index (κ1) is 15.1. The number of para-hydroxylation sites is 2. The predicted molar refractivity (Wildman–Crippen MR) is 90.9 cm³/mol. The van der Waals surface area contributed by atoms with E-state index in [1.165, 1.54) is 0 Å². The highest BCUT2D eigenvalue weighted by Crippen LogP contribution is 2.34. The summed E-state index contributed by atoms with van der Waals surface area (Å²) in [6.45, 7) is 0.261. The molecule has 124 valence electrons. The number of fused-ring (bicyclic) bond motifs is 3. The quantitative estimate of drug-likeness (QED) is 0.737. The van der Waals surface area contributed by atoms with E-state index < -0.39 is 11.6 Å². The average Bonchev–Trinajstić information content (AvgIpc) is 3.09. The van der Waals surface area contributed by atoms with Crippen LogP contribution < -0.4 is 10.1 Å². The second kappa shape index (κ2) is 5.90. The smallest absolute Gasteiger partial charge is 0.255 e. The standard InChI is InChI=1S/C19H14N2O4/c1-24-14-9-5-4-8-13(14)20-10-15-21-16-18(23)17(22)11-6-2-3-7-12(11)19(16)25-15/h2-9,20H,10H2,1H3. The fraction of sp³-hybridized carbons (Fsp3) is 0.105. The number of aromatic nitrogens is 1. The van der Waals surface area contributed by atoms with Gasteiger partial charge in [0.25, 0.3) is 5.78 Å². The molecule has 1 aliphatic rings. The zero-order valence-electron chi connectivity index (χ0n) is 13.4. The molecule has 0 fully saturated rings. The summed E-state index contributed by atoms with van der Waals surface area (Å²) < 4.78 is 11.0. The number of carbonyl (C=O) groups excluding carboxylic acids is 2. The van der Waals surface area contributed by atoms with Crippen LogP contribution in [0.5, 0.6) is 5.75 Å². The molecule has 0 unspecified atom stereocenters. The largest absolute Gasteiger partial charge is 0.495 e. The average molecular weight is 334 g/mol. The Morgan fingerprint density at radius 1 is 1.00 bits per heavy atom. The molecule has 0 bridgehead atoms. The number of rotatable bonds is 4. The van der Waals surface area contributed by atoms with Gasteiger partial charge in [-0.1, -0.05) is 36.4 Å². The number of methoxy groups -OCH3 is 1. The molecule has 3 aromatic rings. The lowest BCUT2D eigenvalue weighted by molar-refractivity contribution is 0.0812. The minimum Gasteiger partial charge on any atom is -0.495 e. The summed E-state index contributed by atoms with van der Waals surface area (Å²) in [5.41, 5.74) is 1.79. The normalized spacial score (nSPS) is 12.5. The van der Waals surface area contributed by atoms with Gasteiger partial charge in [0.15, 0.2) is 11.5 Å². The number of hydrogen-bond acceptors (Lipinski definition) is 6. The molecule has 0 saturated carbocycles. The minimum atomic E-state index is -0.638. The first-order chi connectivity index (χ1) is 12.2. The van der Waals surface area contributed by atoms with Gasteiger partial charge in [-0.15, -0.1) is 0 Å². The van der Waals surface area contributed by atoms with Crippen LogP contribution in [0.25, 0.3) is 11.3 Å². The Balaban J connectivity index is 1.66. The first-order valence-electron chi connectivity index (χ1n) is 7.74. The number of ketones is 2. The highest BCUT2D eigenvalue weighted by atomic mass is 16.5. The van der Waals surface area contributed by atoms with Gasteiger partial charge in [0.2, 0.25) is 11.7 Å². The second-order valence-electron chi connectivity index (χ2n) is 5.54. The maximum absolute atomic E-state index is 12.3. The molecular formula is C19H14N2O4. The van der Waals surface area contributed by atoms with Crippen LogP contribution in [-0.2, 0) is 6.54 Å². The summed E-state index contributed by atoms with van der Waals surface area (Å²) in [6, 6.07) is 14.3. The number of ether oxygens (including phenoxy) is 1. The van der Waals surface area contributed by atoms with E-state index in [0.29, 0.717) is 28.5 Å². The van der Waals surface area contributed by atoms with Crippen molar-refractivity contribution in [1.82, 2.24) is 4.98 Å². The van der Waals surface area contributed by atoms with E-state index in [2.05, 4.69) is 10.3 Å². The molecule has 0 aliphatic heterocycles. The van der Waals surface area contributed by atoms with Crippen LogP contribution in [0.15, 0.2) is 52.9 Å². The van der Waals surface area contributed by atoms with Crippen molar-refractivity contribution < 1.29 is 18.7 Å². The molecule has 25 heavy (non-hydrogen) atoms. The van der Waals surface area contributed by atoms with Gasteiger partial charge in [0.1, 0.15) is 5.75 Å². The van der Waals surface area contributed by atoms with Crippen molar-refractivity contribution >= 4 is 17.3 Å². The number of Topliss-reactive ketones (excluding diaryl/α,β-unsaturated/α-hetero) is 2. The summed E-state index contributed by atoms with van der Waals surface area (Å²) in [4.78, 5) is 28.7. The second-order valence-corrected chi connectivity index (χ2v) is 5.54. The third-order valence-electron chi connectivity index (χ3n) is 4.05. The van der Waals surface area contributed by atoms with E-state index in [9.17, 15) is 9.59 Å². The maximum Gasteiger partial charge on any atom is 0.255 e. The molecule has 4 rings (SSSR count). The van der Waals surface area contributed by atoms with E-state index in [-0.39, 0.29) is 12.2 Å². The third kappa shape index (κ3) is 2.48. The molecule has 0 amide bonds. The fourth-order valence-electron chi connectivity index (χ4n) is 2.85. The number of hydrogen-bond donors (Lipinski definition) is 1. The summed E-state index contributed by atoms with van der Waals surface area (Å²) >= 11 is 0.